The van der Waals surface area contributed by atoms with E-state index >= 15 is 0 Å². The number of pyridine rings is 1. The minimum absolute atomic E-state index is 0.0111. The van der Waals surface area contributed by atoms with Crippen molar-refractivity contribution in [2.24, 2.45) is 0 Å². The van der Waals surface area contributed by atoms with E-state index in [0.717, 1.165) is 25.1 Å². The molecule has 0 spiro atoms. The highest BCUT2D eigenvalue weighted by Gasteiger charge is 2.19. The molecule has 19 heavy (non-hydrogen) atoms. The van der Waals surface area contributed by atoms with E-state index in [1.807, 2.05) is 24.0 Å². The normalized spacial score (nSPS) is 12.0. The molecular formula is C15H25N3O. The summed E-state index contributed by atoms with van der Waals surface area (Å²) in [5.74, 6) is 0.0111. The second-order valence-electron chi connectivity index (χ2n) is 4.70. The van der Waals surface area contributed by atoms with Crippen molar-refractivity contribution in [2.45, 2.75) is 46.6 Å². The number of anilines is 1. The van der Waals surface area contributed by atoms with Gasteiger partial charge >= 0.3 is 0 Å². The third kappa shape index (κ3) is 4.23. The fourth-order valence-electron chi connectivity index (χ4n) is 1.95. The number of nitrogens with one attached hydrogen (secondary N) is 1. The molecule has 0 aliphatic carbocycles. The van der Waals surface area contributed by atoms with Crippen molar-refractivity contribution in [2.75, 3.05) is 18.4 Å². The number of carbonyl (C=O) groups excluding carboxylic acids is 1. The Morgan fingerprint density at radius 3 is 2.74 bits per heavy atom. The Kier molecular flexibility index (Phi) is 6.33. The van der Waals surface area contributed by atoms with Crippen LogP contribution in [0.5, 0.6) is 0 Å². The summed E-state index contributed by atoms with van der Waals surface area (Å²) in [5, 5.41) is 3.28. The minimum atomic E-state index is 0.0111. The molecule has 0 radical (unpaired) electrons. The van der Waals surface area contributed by atoms with E-state index in [0.29, 0.717) is 12.2 Å². The summed E-state index contributed by atoms with van der Waals surface area (Å²) in [7, 11) is 0. The van der Waals surface area contributed by atoms with Gasteiger partial charge < -0.3 is 10.2 Å². The summed E-state index contributed by atoms with van der Waals surface area (Å²) in [6.07, 6.45) is 3.70. The van der Waals surface area contributed by atoms with Gasteiger partial charge in [0.1, 0.15) is 5.69 Å². The molecule has 1 aromatic rings. The molecule has 106 valence electrons. The second-order valence-corrected chi connectivity index (χ2v) is 4.70. The van der Waals surface area contributed by atoms with Gasteiger partial charge in [0.15, 0.2) is 0 Å². The highest BCUT2D eigenvalue weighted by Crippen LogP contribution is 2.13. The maximum absolute atomic E-state index is 12.4. The van der Waals surface area contributed by atoms with Crippen molar-refractivity contribution < 1.29 is 4.79 Å². The summed E-state index contributed by atoms with van der Waals surface area (Å²) in [5.41, 5.74) is 1.48. The molecule has 0 aliphatic rings. The Balaban J connectivity index is 2.85. The minimum Gasteiger partial charge on any atom is -0.385 e. The van der Waals surface area contributed by atoms with Gasteiger partial charge in [-0.1, -0.05) is 13.8 Å². The van der Waals surface area contributed by atoms with E-state index in [1.54, 1.807) is 6.20 Å². The van der Waals surface area contributed by atoms with Crippen molar-refractivity contribution in [3.8, 4) is 0 Å². The first-order valence-corrected chi connectivity index (χ1v) is 7.14. The Bertz CT molecular complexity index is 406. The predicted molar refractivity (Wildman–Crippen MR) is 79.5 cm³/mol. The van der Waals surface area contributed by atoms with E-state index in [1.165, 1.54) is 0 Å². The molecule has 4 heteroatoms. The van der Waals surface area contributed by atoms with E-state index in [-0.39, 0.29) is 11.9 Å². The topological polar surface area (TPSA) is 45.2 Å². The zero-order chi connectivity index (χ0) is 14.3. The lowest BCUT2D eigenvalue weighted by Gasteiger charge is -2.27. The first kappa shape index (κ1) is 15.5. The van der Waals surface area contributed by atoms with E-state index < -0.39 is 0 Å². The molecule has 1 unspecified atom stereocenters. The van der Waals surface area contributed by atoms with Crippen molar-refractivity contribution in [1.82, 2.24) is 9.88 Å². The molecule has 0 bridgehead atoms. The molecule has 4 nitrogen and oxygen atoms in total. The van der Waals surface area contributed by atoms with Crippen LogP contribution in [0, 0.1) is 0 Å². The number of hydrogen-bond donors (Lipinski definition) is 1. The number of nitrogens with zero attached hydrogens (tertiary/aromatic N) is 2. The monoisotopic (exact) mass is 263 g/mol. The molecule has 1 atom stereocenters. The van der Waals surface area contributed by atoms with Gasteiger partial charge in [-0.05, 0) is 38.8 Å². The molecule has 0 saturated carbocycles. The van der Waals surface area contributed by atoms with Gasteiger partial charge in [0.05, 0.1) is 0 Å². The fourth-order valence-corrected chi connectivity index (χ4v) is 1.95. The van der Waals surface area contributed by atoms with Crippen molar-refractivity contribution in [1.29, 1.82) is 0 Å². The Hall–Kier alpha value is -1.58. The summed E-state index contributed by atoms with van der Waals surface area (Å²) in [6, 6.07) is 3.97. The fraction of sp³-hybridized carbons (Fsp3) is 0.600. The lowest BCUT2D eigenvalue weighted by atomic mass is 10.2. The summed E-state index contributed by atoms with van der Waals surface area (Å²) in [6.45, 7) is 9.89. The quantitative estimate of drug-likeness (QED) is 0.822. The van der Waals surface area contributed by atoms with E-state index in [2.05, 4.69) is 31.1 Å². The van der Waals surface area contributed by atoms with Gasteiger partial charge in [-0.15, -0.1) is 0 Å². The summed E-state index contributed by atoms with van der Waals surface area (Å²) >= 11 is 0. The van der Waals surface area contributed by atoms with Gasteiger partial charge in [-0.3, -0.25) is 9.78 Å². The van der Waals surface area contributed by atoms with Crippen LogP contribution in [-0.4, -0.2) is 34.9 Å². The number of carbonyl (C=O) groups is 1. The Labute approximate surface area is 116 Å². The maximum atomic E-state index is 12.4. The molecule has 0 aromatic carbocycles. The van der Waals surface area contributed by atoms with Crippen molar-refractivity contribution in [3.63, 3.8) is 0 Å². The average Bonchev–Trinajstić information content (AvgIpc) is 2.45. The third-order valence-corrected chi connectivity index (χ3v) is 3.28. The maximum Gasteiger partial charge on any atom is 0.272 e. The summed E-state index contributed by atoms with van der Waals surface area (Å²) in [4.78, 5) is 18.5. The molecule has 1 heterocycles. The molecule has 0 fully saturated rings. The summed E-state index contributed by atoms with van der Waals surface area (Å²) < 4.78 is 0. The number of amides is 1. The Morgan fingerprint density at radius 2 is 2.16 bits per heavy atom. The smallest absolute Gasteiger partial charge is 0.272 e. The zero-order valence-corrected chi connectivity index (χ0v) is 12.4. The third-order valence-electron chi connectivity index (χ3n) is 3.28. The average molecular weight is 263 g/mol. The van der Waals surface area contributed by atoms with Crippen LogP contribution in [0.4, 0.5) is 5.69 Å². The SMILES string of the molecule is CCCNc1ccnc(C(=O)N(CC)C(C)CC)c1. The number of rotatable bonds is 7. The van der Waals surface area contributed by atoms with Crippen LogP contribution in [0.25, 0.3) is 0 Å². The molecule has 1 N–H and O–H groups in total. The number of hydrogen-bond acceptors (Lipinski definition) is 3. The second kappa shape index (κ2) is 7.77. The van der Waals surface area contributed by atoms with Crippen LogP contribution in [0.2, 0.25) is 0 Å². The number of aromatic nitrogens is 1. The first-order valence-electron chi connectivity index (χ1n) is 7.14. The van der Waals surface area contributed by atoms with Gasteiger partial charge in [-0.25, -0.2) is 0 Å². The molecule has 1 rings (SSSR count). The highest BCUT2D eigenvalue weighted by atomic mass is 16.2. The zero-order valence-electron chi connectivity index (χ0n) is 12.4. The van der Waals surface area contributed by atoms with Gasteiger partial charge in [0.25, 0.3) is 5.91 Å². The van der Waals surface area contributed by atoms with Crippen LogP contribution in [0.1, 0.15) is 51.0 Å². The molecule has 0 aliphatic heterocycles. The van der Waals surface area contributed by atoms with Crippen LogP contribution in [0.15, 0.2) is 18.3 Å². The standard InChI is InChI=1S/C15H25N3O/c1-5-9-16-13-8-10-17-14(11-13)15(19)18(7-3)12(4)6-2/h8,10-12H,5-7,9H2,1-4H3,(H,16,17). The van der Waals surface area contributed by atoms with Crippen LogP contribution >= 0.6 is 0 Å². The predicted octanol–water partition coefficient (Wildman–Crippen LogP) is 3.16. The Morgan fingerprint density at radius 1 is 1.42 bits per heavy atom. The molecule has 0 saturated heterocycles. The van der Waals surface area contributed by atoms with Gasteiger partial charge in [0.2, 0.25) is 0 Å². The lowest BCUT2D eigenvalue weighted by Crippen LogP contribution is -2.38. The van der Waals surface area contributed by atoms with E-state index in [9.17, 15) is 4.79 Å². The van der Waals surface area contributed by atoms with Gasteiger partial charge in [0, 0.05) is 31.0 Å². The molecular weight excluding hydrogens is 238 g/mol. The lowest BCUT2D eigenvalue weighted by molar-refractivity contribution is 0.0694. The first-order chi connectivity index (χ1) is 9.13. The van der Waals surface area contributed by atoms with Crippen LogP contribution < -0.4 is 5.32 Å². The highest BCUT2D eigenvalue weighted by molar-refractivity contribution is 5.93. The van der Waals surface area contributed by atoms with E-state index in [4.69, 9.17) is 0 Å². The molecule has 1 aromatic heterocycles. The van der Waals surface area contributed by atoms with Crippen LogP contribution in [0.3, 0.4) is 0 Å². The van der Waals surface area contributed by atoms with Crippen molar-refractivity contribution in [3.05, 3.63) is 24.0 Å². The van der Waals surface area contributed by atoms with Crippen molar-refractivity contribution >= 4 is 11.6 Å². The van der Waals surface area contributed by atoms with Crippen LogP contribution in [-0.2, 0) is 0 Å². The van der Waals surface area contributed by atoms with Gasteiger partial charge in [-0.2, -0.15) is 0 Å². The largest absolute Gasteiger partial charge is 0.385 e. The molecule has 1 amide bonds.